The molecule has 0 heterocycles. The minimum absolute atomic E-state index is 0.157. The highest BCUT2D eigenvalue weighted by Gasteiger charge is 2.04. The summed E-state index contributed by atoms with van der Waals surface area (Å²) in [5, 5.41) is 10.7. The van der Waals surface area contributed by atoms with Crippen LogP contribution in [-0.4, -0.2) is 65.2 Å². The summed E-state index contributed by atoms with van der Waals surface area (Å²) in [6, 6.07) is 6.06. The van der Waals surface area contributed by atoms with E-state index in [1.165, 1.54) is 7.11 Å². The van der Waals surface area contributed by atoms with Gasteiger partial charge in [0.2, 0.25) is 0 Å². The Morgan fingerprint density at radius 1 is 0.897 bits per heavy atom. The van der Waals surface area contributed by atoms with Gasteiger partial charge in [-0.3, -0.25) is 0 Å². The highest BCUT2D eigenvalue weighted by Crippen LogP contribution is 2.13. The number of hydrogen-bond acceptors (Lipinski definition) is 6. The number of benzene rings is 1. The Morgan fingerprint density at radius 2 is 1.38 bits per heavy atom. The summed E-state index contributed by atoms with van der Waals surface area (Å²) < 4.78 is 20.5. The van der Waals surface area contributed by atoms with E-state index in [0.29, 0.717) is 37.7 Å². The Kier molecular flexibility index (Phi) is 13.2. The molecule has 1 rings (SSSR count). The Morgan fingerprint density at radius 3 is 1.83 bits per heavy atom. The molecule has 0 saturated heterocycles. The summed E-state index contributed by atoms with van der Waals surface area (Å²) in [5.74, 6) is 0. The van der Waals surface area contributed by atoms with Crippen molar-refractivity contribution in [3.8, 4) is 0 Å². The average Bonchev–Trinajstić information content (AvgIpc) is 2.71. The second kappa shape index (κ2) is 15.5. The van der Waals surface area contributed by atoms with Gasteiger partial charge in [0, 0.05) is 31.6 Å². The minimum Gasteiger partial charge on any atom is -0.359 e. The van der Waals surface area contributed by atoms with Gasteiger partial charge in [-0.2, -0.15) is 0 Å². The lowest BCUT2D eigenvalue weighted by Crippen LogP contribution is -2.32. The van der Waals surface area contributed by atoms with Gasteiger partial charge in [-0.15, -0.1) is 0 Å². The fourth-order valence-electron chi connectivity index (χ4n) is 1.94. The molecule has 4 amide bonds. The maximum Gasteiger partial charge on any atom is 0.319 e. The Bertz CT molecular complexity index is 585. The summed E-state index contributed by atoms with van der Waals surface area (Å²) in [6.07, 6.45) is 1.08. The number of anilines is 2. The van der Waals surface area contributed by atoms with E-state index in [2.05, 4.69) is 21.3 Å². The minimum atomic E-state index is -0.346. The molecule has 0 aliphatic heterocycles. The molecule has 0 radical (unpaired) electrons. The van der Waals surface area contributed by atoms with Crippen LogP contribution in [-0.2, 0) is 18.9 Å². The van der Waals surface area contributed by atoms with Crippen molar-refractivity contribution in [3.63, 3.8) is 0 Å². The van der Waals surface area contributed by atoms with E-state index in [9.17, 15) is 9.59 Å². The fourth-order valence-corrected chi connectivity index (χ4v) is 1.94. The van der Waals surface area contributed by atoms with Crippen LogP contribution in [0.2, 0.25) is 0 Å². The maximum atomic E-state index is 11.8. The van der Waals surface area contributed by atoms with Crippen LogP contribution in [0.25, 0.3) is 0 Å². The van der Waals surface area contributed by atoms with Crippen LogP contribution in [0.5, 0.6) is 0 Å². The van der Waals surface area contributed by atoms with Crippen LogP contribution in [0.3, 0.4) is 0 Å². The molecule has 0 aliphatic carbocycles. The zero-order chi connectivity index (χ0) is 21.3. The second-order valence-electron chi connectivity index (χ2n) is 6.07. The molecule has 0 spiro atoms. The van der Waals surface area contributed by atoms with Gasteiger partial charge < -0.3 is 40.2 Å². The lowest BCUT2D eigenvalue weighted by Gasteiger charge is -2.12. The molecule has 10 nitrogen and oxygen atoms in total. The van der Waals surface area contributed by atoms with E-state index in [1.807, 2.05) is 13.8 Å². The first-order chi connectivity index (χ1) is 14.0. The van der Waals surface area contributed by atoms with Crippen molar-refractivity contribution < 1.29 is 28.5 Å². The van der Waals surface area contributed by atoms with Crippen molar-refractivity contribution in [1.82, 2.24) is 10.6 Å². The number of carbonyl (C=O) groups excluding carboxylic acids is 2. The third kappa shape index (κ3) is 12.6. The van der Waals surface area contributed by atoms with Crippen molar-refractivity contribution in [2.24, 2.45) is 0 Å². The van der Waals surface area contributed by atoms with E-state index in [1.54, 1.807) is 24.3 Å². The van der Waals surface area contributed by atoms with Gasteiger partial charge >= 0.3 is 12.1 Å². The van der Waals surface area contributed by atoms with Crippen molar-refractivity contribution in [3.05, 3.63) is 24.3 Å². The second-order valence-corrected chi connectivity index (χ2v) is 6.07. The molecule has 0 aliphatic rings. The molecule has 1 unspecified atom stereocenters. The molecule has 164 valence electrons. The summed E-state index contributed by atoms with van der Waals surface area (Å²) in [6.45, 7) is 5.85. The first-order valence-electron chi connectivity index (χ1n) is 9.51. The van der Waals surface area contributed by atoms with Gasteiger partial charge in [-0.1, -0.05) is 6.92 Å². The highest BCUT2D eigenvalue weighted by atomic mass is 16.7. The number of urea groups is 2. The monoisotopic (exact) mass is 412 g/mol. The molecule has 0 aromatic heterocycles. The van der Waals surface area contributed by atoms with Crippen LogP contribution in [0.4, 0.5) is 21.0 Å². The van der Waals surface area contributed by atoms with Gasteiger partial charge in [0.1, 0.15) is 13.6 Å². The third-order valence-electron chi connectivity index (χ3n) is 3.68. The Balaban J connectivity index is 2.18. The largest absolute Gasteiger partial charge is 0.359 e. The quantitative estimate of drug-likeness (QED) is 0.275. The predicted molar refractivity (Wildman–Crippen MR) is 110 cm³/mol. The lowest BCUT2D eigenvalue weighted by atomic mass is 10.3. The van der Waals surface area contributed by atoms with E-state index in [-0.39, 0.29) is 31.8 Å². The van der Waals surface area contributed by atoms with Gasteiger partial charge in [-0.25, -0.2) is 9.59 Å². The molecule has 1 atom stereocenters. The summed E-state index contributed by atoms with van der Waals surface area (Å²) in [7, 11) is 1.53. The van der Waals surface area contributed by atoms with Gasteiger partial charge in [-0.05, 0) is 37.6 Å². The molecule has 1 aromatic carbocycles. The van der Waals surface area contributed by atoms with Crippen molar-refractivity contribution in [1.29, 1.82) is 0 Å². The molecule has 0 bridgehead atoms. The van der Waals surface area contributed by atoms with Crippen LogP contribution < -0.4 is 21.3 Å². The van der Waals surface area contributed by atoms with E-state index in [0.717, 1.165) is 6.42 Å². The van der Waals surface area contributed by atoms with Crippen LogP contribution in [0.15, 0.2) is 24.3 Å². The predicted octanol–water partition coefficient (Wildman–Crippen LogP) is 2.34. The van der Waals surface area contributed by atoms with Crippen molar-refractivity contribution in [2.75, 3.05) is 57.6 Å². The lowest BCUT2D eigenvalue weighted by molar-refractivity contribution is -0.0829. The maximum absolute atomic E-state index is 11.8. The number of carbonyl (C=O) groups is 2. The molecule has 0 fully saturated rings. The van der Waals surface area contributed by atoms with Gasteiger partial charge in [0.25, 0.3) is 0 Å². The smallest absolute Gasteiger partial charge is 0.319 e. The molecular weight excluding hydrogens is 380 g/mol. The third-order valence-corrected chi connectivity index (χ3v) is 3.68. The zero-order valence-corrected chi connectivity index (χ0v) is 17.3. The molecule has 1 aromatic rings. The number of ether oxygens (including phenoxy) is 4. The van der Waals surface area contributed by atoms with Crippen LogP contribution >= 0.6 is 0 Å². The first kappa shape index (κ1) is 24.6. The number of rotatable bonds is 14. The number of nitrogens with one attached hydrogen (secondary N) is 4. The van der Waals surface area contributed by atoms with E-state index >= 15 is 0 Å². The number of hydrogen-bond donors (Lipinski definition) is 4. The molecule has 0 saturated carbocycles. The zero-order valence-electron chi connectivity index (χ0n) is 17.3. The van der Waals surface area contributed by atoms with Gasteiger partial charge in [0.15, 0.2) is 0 Å². The molecule has 4 N–H and O–H groups in total. The highest BCUT2D eigenvalue weighted by molar-refractivity contribution is 5.91. The van der Waals surface area contributed by atoms with Crippen molar-refractivity contribution >= 4 is 23.4 Å². The molecule has 10 heteroatoms. The Labute approximate surface area is 171 Å². The first-order valence-corrected chi connectivity index (χ1v) is 9.51. The van der Waals surface area contributed by atoms with Gasteiger partial charge in [0.05, 0.1) is 19.3 Å². The standard InChI is InChI=1S/C19H32N4O6/c1-4-15(2)29-14-28-12-10-21-19(25)23-17-7-5-16(6-8-17)22-18(24)20-9-11-27-13-26-3/h5-8,15H,4,9-14H2,1-3H3,(H2,20,22,24)(H2,21,23,25). The summed E-state index contributed by atoms with van der Waals surface area (Å²) in [4.78, 5) is 23.6. The topological polar surface area (TPSA) is 119 Å². The average molecular weight is 412 g/mol. The Hall–Kier alpha value is -2.40. The summed E-state index contributed by atoms with van der Waals surface area (Å²) >= 11 is 0. The SMILES string of the molecule is CCC(C)OCOCCNC(=O)Nc1ccc(NC(=O)NCCOCOC)cc1. The number of methoxy groups -OCH3 is 1. The molecular formula is C19H32N4O6. The van der Waals surface area contributed by atoms with E-state index < -0.39 is 0 Å². The van der Waals surface area contributed by atoms with E-state index in [4.69, 9.17) is 18.9 Å². The van der Waals surface area contributed by atoms with Crippen LogP contribution in [0, 0.1) is 0 Å². The summed E-state index contributed by atoms with van der Waals surface area (Å²) in [5.41, 5.74) is 1.20. The fraction of sp³-hybridized carbons (Fsp3) is 0.579. The number of amides is 4. The van der Waals surface area contributed by atoms with Crippen molar-refractivity contribution in [2.45, 2.75) is 26.4 Å². The molecule has 29 heavy (non-hydrogen) atoms. The normalized spacial score (nSPS) is 11.6. The van der Waals surface area contributed by atoms with Crippen LogP contribution in [0.1, 0.15) is 20.3 Å².